The minimum Gasteiger partial charge on any atom is -0.342 e. The number of rotatable bonds is 5. The van der Waals surface area contributed by atoms with Crippen molar-refractivity contribution in [2.45, 2.75) is 13.1 Å². The van der Waals surface area contributed by atoms with Gasteiger partial charge in [0.15, 0.2) is 0 Å². The van der Waals surface area contributed by atoms with Crippen LogP contribution in [0.5, 0.6) is 0 Å². The zero-order chi connectivity index (χ0) is 23.8. The quantitative estimate of drug-likeness (QED) is 0.263. The molecule has 34 heavy (non-hydrogen) atoms. The van der Waals surface area contributed by atoms with E-state index in [4.69, 9.17) is 23.2 Å². The standard InChI is InChI=1S/C26H17Cl2FN2O2S/c27-18-10-8-16(9-11-18)13-31-25(32)24(34-26(31)33)12-17-14-30(23-7-2-1-4-19(17)23)15-20-21(28)5-3-6-22(20)29/h1-12,14H,13,15H2/b24-12-. The lowest BCUT2D eigenvalue weighted by atomic mass is 10.1. The summed E-state index contributed by atoms with van der Waals surface area (Å²) >= 11 is 13.1. The van der Waals surface area contributed by atoms with E-state index in [-0.39, 0.29) is 30.1 Å². The Labute approximate surface area is 209 Å². The number of fused-ring (bicyclic) bond motifs is 1. The second kappa shape index (κ2) is 9.29. The van der Waals surface area contributed by atoms with Gasteiger partial charge in [-0.25, -0.2) is 4.39 Å². The monoisotopic (exact) mass is 510 g/mol. The minimum absolute atomic E-state index is 0.173. The Morgan fingerprint density at radius 3 is 2.44 bits per heavy atom. The predicted molar refractivity (Wildman–Crippen MR) is 135 cm³/mol. The largest absolute Gasteiger partial charge is 0.342 e. The molecule has 170 valence electrons. The van der Waals surface area contributed by atoms with Crippen molar-refractivity contribution in [1.29, 1.82) is 0 Å². The molecule has 0 saturated carbocycles. The Bertz CT molecular complexity index is 1440. The van der Waals surface area contributed by atoms with Crippen LogP contribution in [0.2, 0.25) is 10.0 Å². The van der Waals surface area contributed by atoms with Crippen LogP contribution in [0.3, 0.4) is 0 Å². The van der Waals surface area contributed by atoms with Gasteiger partial charge in [0, 0.05) is 38.3 Å². The van der Waals surface area contributed by atoms with Gasteiger partial charge >= 0.3 is 0 Å². The molecule has 1 aliphatic rings. The lowest BCUT2D eigenvalue weighted by Crippen LogP contribution is -2.27. The number of amides is 2. The number of thioether (sulfide) groups is 1. The fraction of sp³-hybridized carbons (Fsp3) is 0.0769. The zero-order valence-electron chi connectivity index (χ0n) is 17.7. The van der Waals surface area contributed by atoms with Crippen molar-refractivity contribution in [2.24, 2.45) is 0 Å². The summed E-state index contributed by atoms with van der Waals surface area (Å²) in [6.07, 6.45) is 3.56. The second-order valence-corrected chi connectivity index (χ2v) is 9.66. The van der Waals surface area contributed by atoms with E-state index in [2.05, 4.69) is 0 Å². The van der Waals surface area contributed by atoms with Crippen LogP contribution < -0.4 is 0 Å². The molecule has 1 aliphatic heterocycles. The summed E-state index contributed by atoms with van der Waals surface area (Å²) in [4.78, 5) is 27.2. The first kappa shape index (κ1) is 22.7. The summed E-state index contributed by atoms with van der Waals surface area (Å²) in [5, 5.41) is 1.50. The molecular formula is C26H17Cl2FN2O2S. The fourth-order valence-corrected chi connectivity index (χ4v) is 5.10. The number of imide groups is 1. The van der Waals surface area contributed by atoms with E-state index in [0.717, 1.165) is 33.8 Å². The molecule has 3 aromatic carbocycles. The second-order valence-electron chi connectivity index (χ2n) is 7.82. The molecule has 0 unspecified atom stereocenters. The Morgan fingerprint density at radius 2 is 1.68 bits per heavy atom. The molecule has 2 amide bonds. The van der Waals surface area contributed by atoms with Crippen LogP contribution in [0.25, 0.3) is 17.0 Å². The van der Waals surface area contributed by atoms with Crippen molar-refractivity contribution in [2.75, 3.05) is 0 Å². The first-order valence-corrected chi connectivity index (χ1v) is 12.0. The van der Waals surface area contributed by atoms with Gasteiger partial charge in [0.05, 0.1) is 18.0 Å². The molecule has 0 atom stereocenters. The highest BCUT2D eigenvalue weighted by atomic mass is 35.5. The summed E-state index contributed by atoms with van der Waals surface area (Å²) in [7, 11) is 0. The number of aromatic nitrogens is 1. The maximum Gasteiger partial charge on any atom is 0.293 e. The number of hydrogen-bond donors (Lipinski definition) is 0. The summed E-state index contributed by atoms with van der Waals surface area (Å²) in [5.41, 5.74) is 2.83. The average molecular weight is 511 g/mol. The predicted octanol–water partition coefficient (Wildman–Crippen LogP) is 7.37. The number of halogens is 3. The number of nitrogens with zero attached hydrogens (tertiary/aromatic N) is 2. The topological polar surface area (TPSA) is 42.3 Å². The van der Waals surface area contributed by atoms with Gasteiger partial charge < -0.3 is 4.57 Å². The lowest BCUT2D eigenvalue weighted by molar-refractivity contribution is -0.123. The molecule has 5 rings (SSSR count). The first-order chi connectivity index (χ1) is 16.4. The number of hydrogen-bond acceptors (Lipinski definition) is 3. The number of benzene rings is 3. The third kappa shape index (κ3) is 4.37. The van der Waals surface area contributed by atoms with E-state index in [9.17, 15) is 14.0 Å². The summed E-state index contributed by atoms with van der Waals surface area (Å²) < 4.78 is 16.3. The van der Waals surface area contributed by atoms with Crippen LogP contribution >= 0.6 is 35.0 Å². The number of para-hydroxylation sites is 1. The average Bonchev–Trinajstić information content (AvgIpc) is 3.30. The first-order valence-electron chi connectivity index (χ1n) is 10.4. The minimum atomic E-state index is -0.379. The molecule has 1 saturated heterocycles. The van der Waals surface area contributed by atoms with Crippen molar-refractivity contribution >= 4 is 63.1 Å². The smallest absolute Gasteiger partial charge is 0.293 e. The van der Waals surface area contributed by atoms with Crippen molar-refractivity contribution in [3.8, 4) is 0 Å². The normalized spacial score (nSPS) is 15.1. The Kier molecular flexibility index (Phi) is 6.21. The van der Waals surface area contributed by atoms with E-state index in [1.165, 1.54) is 11.0 Å². The van der Waals surface area contributed by atoms with E-state index in [1.54, 1.807) is 42.5 Å². The van der Waals surface area contributed by atoms with Crippen LogP contribution in [0.1, 0.15) is 16.7 Å². The molecule has 0 N–H and O–H groups in total. The van der Waals surface area contributed by atoms with Crippen LogP contribution in [0.15, 0.2) is 77.8 Å². The highest BCUT2D eigenvalue weighted by Crippen LogP contribution is 2.35. The highest BCUT2D eigenvalue weighted by Gasteiger charge is 2.35. The van der Waals surface area contributed by atoms with Gasteiger partial charge in [0.25, 0.3) is 11.1 Å². The zero-order valence-corrected chi connectivity index (χ0v) is 20.0. The summed E-state index contributed by atoms with van der Waals surface area (Å²) in [6.45, 7) is 0.407. The van der Waals surface area contributed by atoms with Gasteiger partial charge in [-0.15, -0.1) is 0 Å². The van der Waals surface area contributed by atoms with Crippen LogP contribution in [-0.4, -0.2) is 20.6 Å². The third-order valence-corrected chi connectivity index (χ3v) is 7.14. The van der Waals surface area contributed by atoms with Crippen LogP contribution in [-0.2, 0) is 17.9 Å². The molecular weight excluding hydrogens is 494 g/mol. The molecule has 4 nitrogen and oxygen atoms in total. The van der Waals surface area contributed by atoms with Gasteiger partial charge in [-0.2, -0.15) is 0 Å². The Hall–Kier alpha value is -3.06. The Balaban J connectivity index is 1.48. The third-order valence-electron chi connectivity index (χ3n) is 5.62. The maximum absolute atomic E-state index is 14.4. The molecule has 8 heteroatoms. The van der Waals surface area contributed by atoms with Crippen molar-refractivity contribution in [3.05, 3.63) is 110 Å². The molecule has 1 aromatic heterocycles. The van der Waals surface area contributed by atoms with Crippen LogP contribution in [0, 0.1) is 5.82 Å². The van der Waals surface area contributed by atoms with Gasteiger partial charge in [-0.05, 0) is 53.7 Å². The van der Waals surface area contributed by atoms with Crippen molar-refractivity contribution < 1.29 is 14.0 Å². The molecule has 0 radical (unpaired) electrons. The molecule has 0 spiro atoms. The highest BCUT2D eigenvalue weighted by molar-refractivity contribution is 8.18. The fourth-order valence-electron chi connectivity index (χ4n) is 3.92. The van der Waals surface area contributed by atoms with E-state index in [1.807, 2.05) is 35.0 Å². The van der Waals surface area contributed by atoms with Crippen molar-refractivity contribution in [1.82, 2.24) is 9.47 Å². The van der Waals surface area contributed by atoms with Gasteiger partial charge in [0.1, 0.15) is 5.82 Å². The van der Waals surface area contributed by atoms with Crippen LogP contribution in [0.4, 0.5) is 9.18 Å². The molecule has 0 aliphatic carbocycles. The van der Waals surface area contributed by atoms with Crippen molar-refractivity contribution in [3.63, 3.8) is 0 Å². The summed E-state index contributed by atoms with van der Waals surface area (Å²) in [5.74, 6) is -0.728. The van der Waals surface area contributed by atoms with E-state index < -0.39 is 0 Å². The number of carbonyl (C=O) groups excluding carboxylic acids is 2. The molecule has 2 heterocycles. The maximum atomic E-state index is 14.4. The van der Waals surface area contributed by atoms with E-state index in [0.29, 0.717) is 20.5 Å². The molecule has 0 bridgehead atoms. The number of carbonyl (C=O) groups is 2. The SMILES string of the molecule is O=C1S/C(=C\c2cn(Cc3c(F)cccc3Cl)c3ccccc23)C(=O)N1Cc1ccc(Cl)cc1. The lowest BCUT2D eigenvalue weighted by Gasteiger charge is -2.12. The van der Waals surface area contributed by atoms with Gasteiger partial charge in [-0.1, -0.05) is 59.6 Å². The van der Waals surface area contributed by atoms with Gasteiger partial charge in [0.2, 0.25) is 0 Å². The van der Waals surface area contributed by atoms with Gasteiger partial charge in [-0.3, -0.25) is 14.5 Å². The molecule has 4 aromatic rings. The Morgan fingerprint density at radius 1 is 0.912 bits per heavy atom. The van der Waals surface area contributed by atoms with E-state index >= 15 is 0 Å². The molecule has 1 fully saturated rings. The summed E-state index contributed by atoms with van der Waals surface area (Å²) in [6, 6.07) is 19.3.